The normalized spacial score (nSPS) is 10.4. The maximum absolute atomic E-state index is 11.4. The Balaban J connectivity index is 3.74. The molecule has 0 aromatic rings. The Morgan fingerprint density at radius 2 is 1.30 bits per heavy atom. The molecule has 0 saturated heterocycles. The highest BCUT2D eigenvalue weighted by atomic mass is 16.6. The number of amides is 4. The third kappa shape index (κ3) is 13.1. The van der Waals surface area contributed by atoms with E-state index in [-0.39, 0.29) is 38.6 Å². The van der Waals surface area contributed by atoms with Crippen LogP contribution in [-0.4, -0.2) is 62.1 Å². The van der Waals surface area contributed by atoms with Crippen LogP contribution in [0.4, 0.5) is 4.79 Å². The minimum absolute atomic E-state index is 0.116. The monoisotopic (exact) mass is 331 g/mol. The van der Waals surface area contributed by atoms with Gasteiger partial charge in [-0.15, -0.1) is 0 Å². The van der Waals surface area contributed by atoms with Crippen LogP contribution in [0.3, 0.4) is 0 Å². The average Bonchev–Trinajstić information content (AvgIpc) is 2.45. The summed E-state index contributed by atoms with van der Waals surface area (Å²) >= 11 is 0. The highest BCUT2D eigenvalue weighted by Gasteiger charge is 2.16. The second kappa shape index (κ2) is 10.4. The fraction of sp³-hybridized carbons (Fsp3) is 0.692. The number of carbonyl (C=O) groups excluding carboxylic acids is 4. The van der Waals surface area contributed by atoms with E-state index in [0.29, 0.717) is 0 Å². The molecule has 23 heavy (non-hydrogen) atoms. The molecule has 0 spiro atoms. The van der Waals surface area contributed by atoms with Crippen LogP contribution in [0, 0.1) is 0 Å². The molecule has 0 aromatic heterocycles. The fourth-order valence-corrected chi connectivity index (χ4v) is 1.25. The Kier molecular flexibility index (Phi) is 9.31. The molecule has 0 aliphatic rings. The van der Waals surface area contributed by atoms with Crippen LogP contribution in [0.5, 0.6) is 0 Å². The molecule has 0 fully saturated rings. The molecule has 0 atom stereocenters. The second-order valence-electron chi connectivity index (χ2n) is 5.54. The molecular formula is C13H25N5O5. The van der Waals surface area contributed by atoms with E-state index in [1.165, 1.54) is 0 Å². The first-order valence-corrected chi connectivity index (χ1v) is 7.11. The molecule has 0 aliphatic carbocycles. The smallest absolute Gasteiger partial charge is 0.408 e. The molecule has 10 nitrogen and oxygen atoms in total. The quantitative estimate of drug-likeness (QED) is 0.319. The highest BCUT2D eigenvalue weighted by Crippen LogP contribution is 2.05. The predicted octanol–water partition coefficient (Wildman–Crippen LogP) is -2.18. The van der Waals surface area contributed by atoms with Gasteiger partial charge in [0.1, 0.15) is 12.1 Å². The van der Waals surface area contributed by atoms with Crippen molar-refractivity contribution in [3.8, 4) is 0 Å². The van der Waals surface area contributed by atoms with E-state index in [4.69, 9.17) is 10.5 Å². The van der Waals surface area contributed by atoms with Gasteiger partial charge >= 0.3 is 6.09 Å². The lowest BCUT2D eigenvalue weighted by atomic mass is 10.2. The maximum Gasteiger partial charge on any atom is 0.408 e. The summed E-state index contributed by atoms with van der Waals surface area (Å²) in [7, 11) is 0. The van der Waals surface area contributed by atoms with Gasteiger partial charge in [0.15, 0.2) is 0 Å². The number of nitrogens with two attached hydrogens (primary N) is 1. The van der Waals surface area contributed by atoms with E-state index in [1.54, 1.807) is 20.8 Å². The summed E-state index contributed by atoms with van der Waals surface area (Å²) in [6.45, 7) is 4.92. The predicted molar refractivity (Wildman–Crippen MR) is 82.3 cm³/mol. The molecule has 0 heterocycles. The van der Waals surface area contributed by atoms with Crippen LogP contribution in [0.15, 0.2) is 0 Å². The molecule has 0 saturated carbocycles. The molecule has 132 valence electrons. The largest absolute Gasteiger partial charge is 0.444 e. The van der Waals surface area contributed by atoms with Crippen molar-refractivity contribution in [2.24, 2.45) is 5.73 Å². The molecule has 0 unspecified atom stereocenters. The molecule has 0 radical (unpaired) electrons. The molecular weight excluding hydrogens is 306 g/mol. The number of hydrogen-bond donors (Lipinski definition) is 5. The van der Waals surface area contributed by atoms with Crippen LogP contribution in [0.25, 0.3) is 0 Å². The van der Waals surface area contributed by atoms with Crippen molar-refractivity contribution in [2.75, 3.05) is 32.7 Å². The van der Waals surface area contributed by atoms with Crippen molar-refractivity contribution in [2.45, 2.75) is 26.4 Å². The van der Waals surface area contributed by atoms with Crippen molar-refractivity contribution in [1.82, 2.24) is 21.3 Å². The molecule has 0 aliphatic heterocycles. The lowest BCUT2D eigenvalue weighted by molar-refractivity contribution is -0.125. The van der Waals surface area contributed by atoms with Gasteiger partial charge in [-0.2, -0.15) is 0 Å². The first-order chi connectivity index (χ1) is 10.6. The van der Waals surface area contributed by atoms with Crippen molar-refractivity contribution >= 4 is 23.8 Å². The Labute approximate surface area is 134 Å². The van der Waals surface area contributed by atoms with Gasteiger partial charge in [-0.3, -0.25) is 14.4 Å². The number of hydrogen-bond acceptors (Lipinski definition) is 6. The molecule has 6 N–H and O–H groups in total. The van der Waals surface area contributed by atoms with Gasteiger partial charge in [0.2, 0.25) is 17.7 Å². The SMILES string of the molecule is CC(C)(C)OC(=O)NCC(=O)NCC(=O)NCCNC(=O)CN. The van der Waals surface area contributed by atoms with Gasteiger partial charge in [-0.1, -0.05) is 0 Å². The molecule has 0 bridgehead atoms. The first kappa shape index (κ1) is 20.6. The fourth-order valence-electron chi connectivity index (χ4n) is 1.25. The summed E-state index contributed by atoms with van der Waals surface area (Å²) in [4.78, 5) is 45.0. The lowest BCUT2D eigenvalue weighted by Gasteiger charge is -2.19. The summed E-state index contributed by atoms with van der Waals surface area (Å²) in [5, 5.41) is 9.57. The van der Waals surface area contributed by atoms with E-state index in [1.807, 2.05) is 0 Å². The molecule has 4 amide bonds. The van der Waals surface area contributed by atoms with Crippen molar-refractivity contribution in [1.29, 1.82) is 0 Å². The van der Waals surface area contributed by atoms with E-state index in [0.717, 1.165) is 0 Å². The summed E-state index contributed by atoms with van der Waals surface area (Å²) in [6.07, 6.45) is -0.715. The van der Waals surface area contributed by atoms with Gasteiger partial charge in [0.05, 0.1) is 13.1 Å². The third-order valence-corrected chi connectivity index (χ3v) is 2.19. The third-order valence-electron chi connectivity index (χ3n) is 2.19. The van der Waals surface area contributed by atoms with Crippen molar-refractivity contribution in [3.63, 3.8) is 0 Å². The van der Waals surface area contributed by atoms with Crippen LogP contribution < -0.4 is 27.0 Å². The van der Waals surface area contributed by atoms with Gasteiger partial charge in [-0.05, 0) is 20.8 Å². The Morgan fingerprint density at radius 1 is 0.826 bits per heavy atom. The minimum Gasteiger partial charge on any atom is -0.444 e. The zero-order valence-corrected chi connectivity index (χ0v) is 13.7. The summed E-state index contributed by atoms with van der Waals surface area (Å²) in [6, 6.07) is 0. The standard InChI is InChI=1S/C13H25N5O5/c1-13(2,3)23-12(22)18-8-11(21)17-7-10(20)16-5-4-15-9(19)6-14/h4-8,14H2,1-3H3,(H,15,19)(H,16,20)(H,17,21)(H,18,22). The van der Waals surface area contributed by atoms with E-state index < -0.39 is 23.5 Å². The molecule has 0 aromatic carbocycles. The molecule has 0 rings (SSSR count). The van der Waals surface area contributed by atoms with Crippen LogP contribution in [0.1, 0.15) is 20.8 Å². The second-order valence-corrected chi connectivity index (χ2v) is 5.54. The zero-order chi connectivity index (χ0) is 17.9. The van der Waals surface area contributed by atoms with E-state index >= 15 is 0 Å². The average molecular weight is 331 g/mol. The number of rotatable bonds is 8. The van der Waals surface area contributed by atoms with Gasteiger partial charge in [0, 0.05) is 13.1 Å². The van der Waals surface area contributed by atoms with Gasteiger partial charge in [0.25, 0.3) is 0 Å². The topological polar surface area (TPSA) is 152 Å². The van der Waals surface area contributed by atoms with Crippen molar-refractivity contribution in [3.05, 3.63) is 0 Å². The minimum atomic E-state index is -0.715. The van der Waals surface area contributed by atoms with Crippen LogP contribution in [-0.2, 0) is 19.1 Å². The Hall–Kier alpha value is -2.36. The summed E-state index contributed by atoms with van der Waals surface area (Å²) in [5.41, 5.74) is 4.44. The highest BCUT2D eigenvalue weighted by molar-refractivity contribution is 5.87. The Morgan fingerprint density at radius 3 is 1.83 bits per heavy atom. The van der Waals surface area contributed by atoms with Gasteiger partial charge in [-0.25, -0.2) is 4.79 Å². The summed E-state index contributed by atoms with van der Waals surface area (Å²) < 4.78 is 4.95. The molecule has 10 heteroatoms. The van der Waals surface area contributed by atoms with E-state index in [9.17, 15) is 19.2 Å². The Bertz CT molecular complexity index is 433. The number of alkyl carbamates (subject to hydrolysis) is 1. The van der Waals surface area contributed by atoms with Gasteiger partial charge < -0.3 is 31.7 Å². The lowest BCUT2D eigenvalue weighted by Crippen LogP contribution is -2.44. The summed E-state index contributed by atoms with van der Waals surface area (Å²) in [5.74, 6) is -1.26. The number of ether oxygens (including phenoxy) is 1. The van der Waals surface area contributed by atoms with Crippen LogP contribution >= 0.6 is 0 Å². The maximum atomic E-state index is 11.4. The van der Waals surface area contributed by atoms with E-state index in [2.05, 4.69) is 21.3 Å². The van der Waals surface area contributed by atoms with Crippen molar-refractivity contribution < 1.29 is 23.9 Å². The van der Waals surface area contributed by atoms with Crippen LogP contribution in [0.2, 0.25) is 0 Å². The number of carbonyl (C=O) groups is 4. The first-order valence-electron chi connectivity index (χ1n) is 7.11. The zero-order valence-electron chi connectivity index (χ0n) is 13.7. The number of nitrogens with one attached hydrogen (secondary N) is 4.